The molecule has 2 unspecified atom stereocenters. The van der Waals surface area contributed by atoms with Gasteiger partial charge in [-0.1, -0.05) is 42.5 Å². The lowest BCUT2D eigenvalue weighted by atomic mass is 10.00. The Bertz CT molecular complexity index is 684. The van der Waals surface area contributed by atoms with Crippen LogP contribution in [0.2, 0.25) is 0 Å². The van der Waals surface area contributed by atoms with Crippen LogP contribution >= 0.6 is 0 Å². The third-order valence-corrected chi connectivity index (χ3v) is 4.03. The van der Waals surface area contributed by atoms with Gasteiger partial charge in [0.25, 0.3) is 0 Å². The summed E-state index contributed by atoms with van der Waals surface area (Å²) >= 11 is 0. The molecule has 2 atom stereocenters. The molecule has 2 aromatic carbocycles. The molecule has 4 nitrogen and oxygen atoms in total. The fourth-order valence-electron chi connectivity index (χ4n) is 2.77. The number of ether oxygens (including phenoxy) is 1. The number of carbonyl (C=O) groups is 1. The Morgan fingerprint density at radius 2 is 2.00 bits per heavy atom. The van der Waals surface area contributed by atoms with Crippen molar-refractivity contribution >= 4 is 5.91 Å². The van der Waals surface area contributed by atoms with Crippen molar-refractivity contribution < 1.29 is 14.6 Å². The highest BCUT2D eigenvalue weighted by atomic mass is 16.5. The number of benzene rings is 2. The number of hydrogen-bond acceptors (Lipinski definition) is 3. The van der Waals surface area contributed by atoms with Gasteiger partial charge in [0.15, 0.2) is 0 Å². The van der Waals surface area contributed by atoms with Crippen LogP contribution in [0.1, 0.15) is 28.7 Å². The first kappa shape index (κ1) is 14.6. The Morgan fingerprint density at radius 1 is 1.27 bits per heavy atom. The molecule has 4 heteroatoms. The maximum absolute atomic E-state index is 12.3. The van der Waals surface area contributed by atoms with Crippen molar-refractivity contribution in [3.63, 3.8) is 0 Å². The van der Waals surface area contributed by atoms with E-state index in [4.69, 9.17) is 4.74 Å². The van der Waals surface area contributed by atoms with Crippen LogP contribution in [0.25, 0.3) is 0 Å². The van der Waals surface area contributed by atoms with E-state index < -0.39 is 6.10 Å². The first-order chi connectivity index (χ1) is 10.7. The molecule has 114 valence electrons. The van der Waals surface area contributed by atoms with Gasteiger partial charge < -0.3 is 15.2 Å². The molecule has 1 aliphatic heterocycles. The van der Waals surface area contributed by atoms with Crippen LogP contribution in [0.4, 0.5) is 0 Å². The highest BCUT2D eigenvalue weighted by molar-refractivity contribution is 5.85. The normalized spacial score (nSPS) is 17.5. The second-order valence-electron chi connectivity index (χ2n) is 5.52. The average molecular weight is 297 g/mol. The Labute approximate surface area is 129 Å². The highest BCUT2D eigenvalue weighted by Crippen LogP contribution is 2.33. The van der Waals surface area contributed by atoms with Gasteiger partial charge in [0, 0.05) is 12.1 Å². The quantitative estimate of drug-likeness (QED) is 0.910. The summed E-state index contributed by atoms with van der Waals surface area (Å²) in [6, 6.07) is 15.2. The fourth-order valence-corrected chi connectivity index (χ4v) is 2.77. The van der Waals surface area contributed by atoms with Crippen LogP contribution in [-0.2, 0) is 4.79 Å². The molecule has 2 aromatic rings. The molecule has 0 saturated heterocycles. The van der Waals surface area contributed by atoms with Gasteiger partial charge in [0.05, 0.1) is 6.10 Å². The second-order valence-corrected chi connectivity index (χ2v) is 5.52. The molecule has 0 spiro atoms. The smallest absolute Gasteiger partial charge is 0.231 e. The first-order valence-corrected chi connectivity index (χ1v) is 7.40. The molecule has 0 radical (unpaired) electrons. The van der Waals surface area contributed by atoms with Crippen molar-refractivity contribution in [2.24, 2.45) is 0 Å². The van der Waals surface area contributed by atoms with E-state index >= 15 is 0 Å². The molecule has 1 amide bonds. The van der Waals surface area contributed by atoms with E-state index in [9.17, 15) is 9.90 Å². The Hall–Kier alpha value is -2.33. The van der Waals surface area contributed by atoms with E-state index in [2.05, 4.69) is 5.32 Å². The van der Waals surface area contributed by atoms with Gasteiger partial charge >= 0.3 is 0 Å². The number of hydrogen-bond donors (Lipinski definition) is 2. The number of amides is 1. The van der Waals surface area contributed by atoms with E-state index in [1.165, 1.54) is 0 Å². The monoisotopic (exact) mass is 297 g/mol. The Balaban J connectivity index is 1.63. The molecule has 1 heterocycles. The van der Waals surface area contributed by atoms with Gasteiger partial charge in [-0.25, -0.2) is 0 Å². The van der Waals surface area contributed by atoms with E-state index in [1.54, 1.807) is 0 Å². The van der Waals surface area contributed by atoms with Gasteiger partial charge in [0.1, 0.15) is 18.3 Å². The van der Waals surface area contributed by atoms with E-state index in [-0.39, 0.29) is 18.4 Å². The number of aliphatic hydroxyl groups is 1. The zero-order valence-electron chi connectivity index (χ0n) is 12.5. The summed E-state index contributed by atoms with van der Waals surface area (Å²) in [6.45, 7) is 2.50. The molecule has 0 bridgehead atoms. The summed E-state index contributed by atoms with van der Waals surface area (Å²) in [5.74, 6) is 0.347. The van der Waals surface area contributed by atoms with Crippen molar-refractivity contribution in [2.75, 3.05) is 13.2 Å². The number of carbonyl (C=O) groups excluding carboxylic acids is 1. The molecular formula is C18H19NO3. The third kappa shape index (κ3) is 2.83. The van der Waals surface area contributed by atoms with Gasteiger partial charge in [-0.3, -0.25) is 4.79 Å². The maximum atomic E-state index is 12.3. The van der Waals surface area contributed by atoms with Crippen molar-refractivity contribution in [1.29, 1.82) is 0 Å². The molecule has 0 aliphatic carbocycles. The van der Waals surface area contributed by atoms with Crippen molar-refractivity contribution in [3.05, 3.63) is 65.2 Å². The minimum atomic E-state index is -0.706. The van der Waals surface area contributed by atoms with E-state index in [0.717, 1.165) is 22.4 Å². The van der Waals surface area contributed by atoms with Crippen LogP contribution < -0.4 is 10.1 Å². The van der Waals surface area contributed by atoms with Crippen LogP contribution in [-0.4, -0.2) is 24.2 Å². The van der Waals surface area contributed by atoms with E-state index in [1.807, 2.05) is 55.5 Å². The summed E-state index contributed by atoms with van der Waals surface area (Å²) in [5, 5.41) is 13.1. The molecule has 0 aromatic heterocycles. The van der Waals surface area contributed by atoms with Crippen LogP contribution in [0.15, 0.2) is 48.5 Å². The summed E-state index contributed by atoms with van der Waals surface area (Å²) in [7, 11) is 0. The number of rotatable bonds is 4. The SMILES string of the molecule is Cc1ccccc1C(O)CNC(=O)C1COc2ccccc21. The summed E-state index contributed by atoms with van der Waals surface area (Å²) in [4.78, 5) is 12.3. The first-order valence-electron chi connectivity index (χ1n) is 7.40. The second kappa shape index (κ2) is 6.20. The standard InChI is InChI=1S/C18H19NO3/c1-12-6-2-3-7-13(12)16(20)10-19-18(21)15-11-22-17-9-5-4-8-14(15)17/h2-9,15-16,20H,10-11H2,1H3,(H,19,21). The number of aryl methyl sites for hydroxylation is 1. The van der Waals surface area contributed by atoms with Gasteiger partial charge in [-0.15, -0.1) is 0 Å². The molecule has 0 fully saturated rings. The molecule has 3 rings (SSSR count). The zero-order valence-corrected chi connectivity index (χ0v) is 12.5. The highest BCUT2D eigenvalue weighted by Gasteiger charge is 2.30. The van der Waals surface area contributed by atoms with Gasteiger partial charge in [0.2, 0.25) is 5.91 Å². The molecule has 1 aliphatic rings. The van der Waals surface area contributed by atoms with Gasteiger partial charge in [-0.2, -0.15) is 0 Å². The molecule has 2 N–H and O–H groups in total. The zero-order chi connectivity index (χ0) is 15.5. The average Bonchev–Trinajstić information content (AvgIpc) is 2.97. The van der Waals surface area contributed by atoms with Crippen molar-refractivity contribution in [2.45, 2.75) is 18.9 Å². The predicted molar refractivity (Wildman–Crippen MR) is 83.8 cm³/mol. The number of aliphatic hydroxyl groups excluding tert-OH is 1. The third-order valence-electron chi connectivity index (χ3n) is 4.03. The minimum absolute atomic E-state index is 0.113. The molecule has 22 heavy (non-hydrogen) atoms. The molecular weight excluding hydrogens is 278 g/mol. The summed E-state index contributed by atoms with van der Waals surface area (Å²) < 4.78 is 5.52. The van der Waals surface area contributed by atoms with E-state index in [0.29, 0.717) is 6.61 Å². The lowest BCUT2D eigenvalue weighted by molar-refractivity contribution is -0.123. The van der Waals surface area contributed by atoms with Crippen LogP contribution in [0.3, 0.4) is 0 Å². The summed E-state index contributed by atoms with van der Waals surface area (Å²) in [5.41, 5.74) is 2.76. The Morgan fingerprint density at radius 3 is 2.82 bits per heavy atom. The van der Waals surface area contributed by atoms with Crippen molar-refractivity contribution in [3.8, 4) is 5.75 Å². The fraction of sp³-hybridized carbons (Fsp3) is 0.278. The van der Waals surface area contributed by atoms with Gasteiger partial charge in [-0.05, 0) is 24.1 Å². The number of fused-ring (bicyclic) bond motifs is 1. The number of para-hydroxylation sites is 1. The predicted octanol–water partition coefficient (Wildman–Crippen LogP) is 2.32. The largest absolute Gasteiger partial charge is 0.492 e. The topological polar surface area (TPSA) is 58.6 Å². The lowest BCUT2D eigenvalue weighted by Crippen LogP contribution is -2.33. The maximum Gasteiger partial charge on any atom is 0.231 e. The van der Waals surface area contributed by atoms with Crippen LogP contribution in [0, 0.1) is 6.92 Å². The van der Waals surface area contributed by atoms with Crippen molar-refractivity contribution in [1.82, 2.24) is 5.32 Å². The lowest BCUT2D eigenvalue weighted by Gasteiger charge is -2.16. The minimum Gasteiger partial charge on any atom is -0.492 e. The number of nitrogens with one attached hydrogen (secondary N) is 1. The Kier molecular flexibility index (Phi) is 4.11. The van der Waals surface area contributed by atoms with Crippen LogP contribution in [0.5, 0.6) is 5.75 Å². The summed E-state index contributed by atoms with van der Waals surface area (Å²) in [6.07, 6.45) is -0.706. The molecule has 0 saturated carbocycles.